The molecule has 2 saturated carbocycles. The highest BCUT2D eigenvalue weighted by Gasteiger charge is 2.52. The normalized spacial score (nSPS) is 35.7. The summed E-state index contributed by atoms with van der Waals surface area (Å²) in [6.45, 7) is 0.220. The van der Waals surface area contributed by atoms with Crippen LogP contribution in [0.25, 0.3) is 0 Å². The molecule has 2 amide bonds. The first-order chi connectivity index (χ1) is 7.65. The summed E-state index contributed by atoms with van der Waals surface area (Å²) in [6.07, 6.45) is 8.10. The summed E-state index contributed by atoms with van der Waals surface area (Å²) in [6, 6.07) is 0. The van der Waals surface area contributed by atoms with Crippen LogP contribution in [0.2, 0.25) is 0 Å². The number of fused-ring (bicyclic) bond motifs is 2. The smallest absolute Gasteiger partial charge is 0.224 e. The van der Waals surface area contributed by atoms with Gasteiger partial charge in [0, 0.05) is 0 Å². The lowest BCUT2D eigenvalue weighted by Gasteiger charge is -2.27. The van der Waals surface area contributed by atoms with Gasteiger partial charge in [-0.3, -0.25) is 9.59 Å². The van der Waals surface area contributed by atoms with Crippen LogP contribution in [-0.2, 0) is 9.59 Å². The molecule has 0 heterocycles. The highest BCUT2D eigenvalue weighted by Crippen LogP contribution is 2.52. The number of rotatable bonds is 3. The van der Waals surface area contributed by atoms with Crippen molar-refractivity contribution in [2.45, 2.75) is 19.3 Å². The summed E-state index contributed by atoms with van der Waals surface area (Å²) >= 11 is 0. The Morgan fingerprint density at radius 1 is 1.31 bits per heavy atom. The van der Waals surface area contributed by atoms with E-state index in [4.69, 9.17) is 12.2 Å². The quantitative estimate of drug-likeness (QED) is 0.651. The summed E-state index contributed by atoms with van der Waals surface area (Å²) in [5, 5.41) is 2.66. The Labute approximate surface area is 95.0 Å². The number of nitrogens with one attached hydrogen (secondary N) is 1. The second-order valence-corrected chi connectivity index (χ2v) is 4.71. The van der Waals surface area contributed by atoms with E-state index in [1.54, 1.807) is 0 Å². The van der Waals surface area contributed by atoms with Crippen LogP contribution in [0.1, 0.15) is 19.3 Å². The predicted octanol–water partition coefficient (Wildman–Crippen LogP) is -0.117. The van der Waals surface area contributed by atoms with E-state index < -0.39 is 0 Å². The Kier molecular flexibility index (Phi) is 2.86. The van der Waals surface area contributed by atoms with Crippen molar-refractivity contribution in [2.24, 2.45) is 29.4 Å². The van der Waals surface area contributed by atoms with Crippen LogP contribution in [0, 0.1) is 36.0 Å². The number of carbonyl (C=O) groups excluding carboxylic acids is 2. The molecule has 2 rings (SSSR count). The van der Waals surface area contributed by atoms with Crippen LogP contribution in [0.15, 0.2) is 0 Å². The second kappa shape index (κ2) is 4.17. The number of nitrogens with two attached hydrogens (primary N) is 1. The molecule has 4 heteroatoms. The van der Waals surface area contributed by atoms with Gasteiger partial charge in [-0.15, -0.1) is 6.42 Å². The molecule has 2 fully saturated rings. The molecule has 86 valence electrons. The molecule has 0 aromatic carbocycles. The van der Waals surface area contributed by atoms with Crippen molar-refractivity contribution < 1.29 is 9.59 Å². The lowest BCUT2D eigenvalue weighted by molar-refractivity contribution is -0.135. The minimum Gasteiger partial charge on any atom is -0.369 e. The molecule has 0 saturated heterocycles. The Morgan fingerprint density at radius 3 is 2.50 bits per heavy atom. The Balaban J connectivity index is 2.10. The van der Waals surface area contributed by atoms with Gasteiger partial charge < -0.3 is 11.1 Å². The minimum atomic E-state index is -0.340. The van der Waals surface area contributed by atoms with Gasteiger partial charge in [-0.25, -0.2) is 0 Å². The highest BCUT2D eigenvalue weighted by atomic mass is 16.2. The fourth-order valence-electron chi connectivity index (χ4n) is 3.33. The number of hydrogen-bond donors (Lipinski definition) is 2. The van der Waals surface area contributed by atoms with Gasteiger partial charge in [0.25, 0.3) is 0 Å². The van der Waals surface area contributed by atoms with Crippen molar-refractivity contribution in [3.63, 3.8) is 0 Å². The third-order valence-electron chi connectivity index (χ3n) is 3.91. The number of terminal acetylenes is 1. The van der Waals surface area contributed by atoms with Crippen molar-refractivity contribution in [1.82, 2.24) is 5.32 Å². The lowest BCUT2D eigenvalue weighted by atomic mass is 9.78. The van der Waals surface area contributed by atoms with Gasteiger partial charge in [0.05, 0.1) is 18.4 Å². The van der Waals surface area contributed by atoms with Crippen molar-refractivity contribution in [3.05, 3.63) is 0 Å². The van der Waals surface area contributed by atoms with Crippen LogP contribution in [0.3, 0.4) is 0 Å². The average Bonchev–Trinajstić information content (AvgIpc) is 2.84. The zero-order valence-electron chi connectivity index (χ0n) is 9.11. The zero-order chi connectivity index (χ0) is 11.7. The second-order valence-electron chi connectivity index (χ2n) is 4.71. The fraction of sp³-hybridized carbons (Fsp3) is 0.667. The van der Waals surface area contributed by atoms with E-state index in [1.165, 1.54) is 0 Å². The highest BCUT2D eigenvalue weighted by molar-refractivity contribution is 5.88. The van der Waals surface area contributed by atoms with Crippen molar-refractivity contribution in [3.8, 4) is 12.3 Å². The average molecular weight is 220 g/mol. The Morgan fingerprint density at radius 2 is 1.94 bits per heavy atom. The molecule has 2 aliphatic carbocycles. The first kappa shape index (κ1) is 11.0. The standard InChI is InChI=1S/C12H16N2O2/c1-2-5-14-12(16)10-8-4-3-7(6-8)9(10)11(13)15/h1,7-10H,3-6H2,(H2,13,15)(H,14,16). The van der Waals surface area contributed by atoms with Gasteiger partial charge in [-0.1, -0.05) is 5.92 Å². The van der Waals surface area contributed by atoms with Gasteiger partial charge in [-0.05, 0) is 31.1 Å². The van der Waals surface area contributed by atoms with Crippen molar-refractivity contribution >= 4 is 11.8 Å². The van der Waals surface area contributed by atoms with Gasteiger partial charge in [0.2, 0.25) is 11.8 Å². The maximum Gasteiger partial charge on any atom is 0.224 e. The van der Waals surface area contributed by atoms with Crippen molar-refractivity contribution in [1.29, 1.82) is 0 Å². The maximum absolute atomic E-state index is 11.9. The molecule has 0 aliphatic heterocycles. The molecule has 4 unspecified atom stereocenters. The number of hydrogen-bond acceptors (Lipinski definition) is 2. The molecular weight excluding hydrogens is 204 g/mol. The van der Waals surface area contributed by atoms with Crippen LogP contribution >= 0.6 is 0 Å². The number of primary amides is 1. The van der Waals surface area contributed by atoms with Gasteiger partial charge >= 0.3 is 0 Å². The van der Waals surface area contributed by atoms with E-state index in [2.05, 4.69) is 11.2 Å². The summed E-state index contributed by atoms with van der Waals surface area (Å²) in [4.78, 5) is 23.3. The van der Waals surface area contributed by atoms with Gasteiger partial charge in [-0.2, -0.15) is 0 Å². The first-order valence-corrected chi connectivity index (χ1v) is 5.65. The van der Waals surface area contributed by atoms with Crippen LogP contribution in [-0.4, -0.2) is 18.4 Å². The summed E-state index contributed by atoms with van der Waals surface area (Å²) in [7, 11) is 0. The molecule has 0 spiro atoms. The molecule has 16 heavy (non-hydrogen) atoms. The van der Waals surface area contributed by atoms with E-state index in [1.807, 2.05) is 0 Å². The van der Waals surface area contributed by atoms with E-state index in [0.717, 1.165) is 19.3 Å². The van der Waals surface area contributed by atoms with Crippen LogP contribution in [0.5, 0.6) is 0 Å². The predicted molar refractivity (Wildman–Crippen MR) is 58.8 cm³/mol. The molecule has 0 radical (unpaired) electrons. The van der Waals surface area contributed by atoms with E-state index in [9.17, 15) is 9.59 Å². The maximum atomic E-state index is 11.9. The van der Waals surface area contributed by atoms with Crippen molar-refractivity contribution in [2.75, 3.05) is 6.54 Å². The number of carbonyl (C=O) groups is 2. The van der Waals surface area contributed by atoms with E-state index >= 15 is 0 Å². The number of amides is 2. The summed E-state index contributed by atoms with van der Waals surface area (Å²) < 4.78 is 0. The molecule has 2 aliphatic rings. The fourth-order valence-corrected chi connectivity index (χ4v) is 3.33. The SMILES string of the molecule is C#CCNC(=O)C1C2CCC(C2)C1C(N)=O. The molecule has 3 N–H and O–H groups in total. The van der Waals surface area contributed by atoms with E-state index in [-0.39, 0.29) is 30.2 Å². The molecule has 2 bridgehead atoms. The molecule has 4 nitrogen and oxygen atoms in total. The van der Waals surface area contributed by atoms with Crippen LogP contribution < -0.4 is 11.1 Å². The summed E-state index contributed by atoms with van der Waals surface area (Å²) in [5.74, 6) is 2.02. The Hall–Kier alpha value is -1.50. The Bertz CT molecular complexity index is 359. The summed E-state index contributed by atoms with van der Waals surface area (Å²) in [5.41, 5.74) is 5.38. The largest absolute Gasteiger partial charge is 0.369 e. The van der Waals surface area contributed by atoms with E-state index in [0.29, 0.717) is 11.8 Å². The topological polar surface area (TPSA) is 72.2 Å². The van der Waals surface area contributed by atoms with Gasteiger partial charge in [0.15, 0.2) is 0 Å². The molecule has 0 aromatic heterocycles. The minimum absolute atomic E-state index is 0.103. The zero-order valence-corrected chi connectivity index (χ0v) is 9.11. The van der Waals surface area contributed by atoms with Crippen LogP contribution in [0.4, 0.5) is 0 Å². The van der Waals surface area contributed by atoms with Gasteiger partial charge in [0.1, 0.15) is 0 Å². The monoisotopic (exact) mass is 220 g/mol. The molecular formula is C12H16N2O2. The molecule has 4 atom stereocenters. The third kappa shape index (κ3) is 1.67. The molecule has 0 aromatic rings. The third-order valence-corrected chi connectivity index (χ3v) is 3.91. The first-order valence-electron chi connectivity index (χ1n) is 5.65. The lowest BCUT2D eigenvalue weighted by Crippen LogP contribution is -2.43.